The number of hydrogen-bond donors (Lipinski definition) is 0. The number of benzene rings is 3. The van der Waals surface area contributed by atoms with Crippen molar-refractivity contribution >= 4 is 11.7 Å². The second kappa shape index (κ2) is 9.01. The third-order valence-electron chi connectivity index (χ3n) is 7.67. The van der Waals surface area contributed by atoms with Crippen molar-refractivity contribution in [3.8, 4) is 11.1 Å². The average molecular weight is 466 g/mol. The number of rotatable bonds is 4. The number of carbonyl (C=O) groups is 1. The molecular formula is C31H31NO3. The maximum absolute atomic E-state index is 13.4. The van der Waals surface area contributed by atoms with Crippen LogP contribution in [0.2, 0.25) is 0 Å². The monoisotopic (exact) mass is 465 g/mol. The number of ether oxygens (including phenoxy) is 2. The fraction of sp³-hybridized carbons (Fsp3) is 0.323. The van der Waals surface area contributed by atoms with Gasteiger partial charge in [0.05, 0.1) is 25.3 Å². The Kier molecular flexibility index (Phi) is 5.69. The van der Waals surface area contributed by atoms with E-state index in [0.29, 0.717) is 25.7 Å². The van der Waals surface area contributed by atoms with E-state index in [1.807, 2.05) is 4.90 Å². The molecule has 4 nitrogen and oxygen atoms in total. The smallest absolute Gasteiger partial charge is 0.410 e. The molecule has 1 amide bonds. The van der Waals surface area contributed by atoms with Crippen molar-refractivity contribution in [2.24, 2.45) is 0 Å². The third-order valence-corrected chi connectivity index (χ3v) is 7.67. The van der Waals surface area contributed by atoms with Crippen molar-refractivity contribution in [1.82, 2.24) is 4.90 Å². The van der Waals surface area contributed by atoms with E-state index < -0.39 is 0 Å². The van der Waals surface area contributed by atoms with Crippen molar-refractivity contribution in [2.45, 2.75) is 44.2 Å². The highest BCUT2D eigenvalue weighted by atomic mass is 16.6. The largest absolute Gasteiger partial charge is 0.448 e. The van der Waals surface area contributed by atoms with Crippen LogP contribution < -0.4 is 0 Å². The van der Waals surface area contributed by atoms with Crippen LogP contribution in [0.25, 0.3) is 16.7 Å². The summed E-state index contributed by atoms with van der Waals surface area (Å²) >= 11 is 0. The van der Waals surface area contributed by atoms with Gasteiger partial charge < -0.3 is 9.47 Å². The first-order valence-electron chi connectivity index (χ1n) is 12.6. The van der Waals surface area contributed by atoms with Gasteiger partial charge >= 0.3 is 6.09 Å². The molecule has 3 aromatic carbocycles. The van der Waals surface area contributed by atoms with Gasteiger partial charge in [-0.3, -0.25) is 4.90 Å². The highest BCUT2D eigenvalue weighted by molar-refractivity contribution is 5.79. The molecule has 1 aliphatic carbocycles. The van der Waals surface area contributed by atoms with E-state index >= 15 is 0 Å². The van der Waals surface area contributed by atoms with Crippen molar-refractivity contribution in [2.75, 3.05) is 19.8 Å². The molecule has 4 heteroatoms. The Hall–Kier alpha value is -3.37. The van der Waals surface area contributed by atoms with Crippen LogP contribution in [-0.2, 0) is 9.47 Å². The molecule has 3 aromatic rings. The maximum Gasteiger partial charge on any atom is 0.410 e. The molecule has 0 saturated carbocycles. The van der Waals surface area contributed by atoms with Crippen molar-refractivity contribution < 1.29 is 14.3 Å². The van der Waals surface area contributed by atoms with E-state index in [0.717, 1.165) is 6.42 Å². The summed E-state index contributed by atoms with van der Waals surface area (Å²) in [6.45, 7) is 5.86. The Bertz CT molecular complexity index is 1250. The summed E-state index contributed by atoms with van der Waals surface area (Å²) in [6.07, 6.45) is 2.76. The lowest BCUT2D eigenvalue weighted by Gasteiger charge is -2.44. The predicted octanol–water partition coefficient (Wildman–Crippen LogP) is 6.62. The number of morpholine rings is 1. The summed E-state index contributed by atoms with van der Waals surface area (Å²) in [4.78, 5) is 15.3. The van der Waals surface area contributed by atoms with Gasteiger partial charge in [-0.05, 0) is 51.3 Å². The lowest BCUT2D eigenvalue weighted by Crippen LogP contribution is -2.56. The second-order valence-electron chi connectivity index (χ2n) is 10.1. The van der Waals surface area contributed by atoms with Gasteiger partial charge in [-0.1, -0.05) is 92.7 Å². The minimum atomic E-state index is -0.238. The Morgan fingerprint density at radius 1 is 0.914 bits per heavy atom. The standard InChI is InChI=1S/C31H31NO3/c1-20(2)24-9-3-4-10-25(24)21-15-22-17-34-18-23(16-21)32(22)31(33)35-19-30-28-13-7-5-11-26(28)27-12-6-8-14-29(27)30/h3-15,20,22-23,30H,16-19H2,1-2H3. The number of carbonyl (C=O) groups excluding carboxylic acids is 1. The molecular weight excluding hydrogens is 434 g/mol. The molecule has 0 N–H and O–H groups in total. The van der Waals surface area contributed by atoms with E-state index in [4.69, 9.17) is 9.47 Å². The van der Waals surface area contributed by atoms with Crippen LogP contribution in [0.3, 0.4) is 0 Å². The van der Waals surface area contributed by atoms with E-state index in [9.17, 15) is 4.79 Å². The van der Waals surface area contributed by atoms with Crippen LogP contribution in [-0.4, -0.2) is 42.9 Å². The van der Waals surface area contributed by atoms with Crippen LogP contribution in [0.5, 0.6) is 0 Å². The summed E-state index contributed by atoms with van der Waals surface area (Å²) < 4.78 is 11.9. The fourth-order valence-electron chi connectivity index (χ4n) is 6.04. The first-order chi connectivity index (χ1) is 17.1. The van der Waals surface area contributed by atoms with Crippen LogP contribution in [0.1, 0.15) is 54.4 Å². The molecule has 2 aliphatic heterocycles. The van der Waals surface area contributed by atoms with Crippen molar-refractivity contribution in [3.63, 3.8) is 0 Å². The zero-order valence-corrected chi connectivity index (χ0v) is 20.3. The fourth-order valence-corrected chi connectivity index (χ4v) is 6.04. The first kappa shape index (κ1) is 22.1. The molecule has 6 rings (SSSR count). The van der Waals surface area contributed by atoms with Crippen molar-refractivity contribution in [3.05, 3.63) is 101 Å². The zero-order chi connectivity index (χ0) is 23.9. The summed E-state index contributed by atoms with van der Waals surface area (Å²) in [6, 6.07) is 25.4. The molecule has 3 aliphatic rings. The normalized spacial score (nSPS) is 20.9. The number of fused-ring (bicyclic) bond motifs is 5. The lowest BCUT2D eigenvalue weighted by molar-refractivity contribution is -0.0331. The van der Waals surface area contributed by atoms with Gasteiger partial charge in [0.25, 0.3) is 0 Å². The molecule has 2 unspecified atom stereocenters. The number of nitrogens with zero attached hydrogens (tertiary/aromatic N) is 1. The molecule has 35 heavy (non-hydrogen) atoms. The Labute approximate surface area is 207 Å². The van der Waals surface area contributed by atoms with E-state index in [-0.39, 0.29) is 24.1 Å². The summed E-state index contributed by atoms with van der Waals surface area (Å²) in [7, 11) is 0. The van der Waals surface area contributed by atoms with Gasteiger partial charge in [0, 0.05) is 5.92 Å². The van der Waals surface area contributed by atoms with Gasteiger partial charge in [0.1, 0.15) is 6.61 Å². The van der Waals surface area contributed by atoms with Gasteiger partial charge in [-0.15, -0.1) is 0 Å². The molecule has 2 bridgehead atoms. The molecule has 0 aromatic heterocycles. The third kappa shape index (κ3) is 3.86. The van der Waals surface area contributed by atoms with Gasteiger partial charge in [0.2, 0.25) is 0 Å². The quantitative estimate of drug-likeness (QED) is 0.435. The maximum atomic E-state index is 13.4. The Morgan fingerprint density at radius 2 is 1.54 bits per heavy atom. The Morgan fingerprint density at radius 3 is 2.20 bits per heavy atom. The minimum absolute atomic E-state index is 0.00961. The average Bonchev–Trinajstić information content (AvgIpc) is 3.20. The van der Waals surface area contributed by atoms with Gasteiger partial charge in [-0.2, -0.15) is 0 Å². The van der Waals surface area contributed by atoms with E-state index in [1.165, 1.54) is 39.0 Å². The Balaban J connectivity index is 1.23. The number of amides is 1. The lowest BCUT2D eigenvalue weighted by atomic mass is 9.85. The van der Waals surface area contributed by atoms with Crippen LogP contribution in [0, 0.1) is 0 Å². The molecule has 0 spiro atoms. The van der Waals surface area contributed by atoms with Crippen LogP contribution >= 0.6 is 0 Å². The van der Waals surface area contributed by atoms with E-state index in [2.05, 4.69) is 92.7 Å². The first-order valence-corrected chi connectivity index (χ1v) is 12.6. The molecule has 2 heterocycles. The predicted molar refractivity (Wildman–Crippen MR) is 138 cm³/mol. The zero-order valence-electron chi connectivity index (χ0n) is 20.3. The molecule has 0 radical (unpaired) electrons. The topological polar surface area (TPSA) is 38.8 Å². The van der Waals surface area contributed by atoms with Crippen LogP contribution in [0.4, 0.5) is 4.79 Å². The molecule has 1 saturated heterocycles. The molecule has 1 fully saturated rings. The van der Waals surface area contributed by atoms with Crippen LogP contribution in [0.15, 0.2) is 78.9 Å². The van der Waals surface area contributed by atoms with E-state index in [1.54, 1.807) is 0 Å². The number of hydrogen-bond acceptors (Lipinski definition) is 3. The minimum Gasteiger partial charge on any atom is -0.448 e. The summed E-state index contributed by atoms with van der Waals surface area (Å²) in [5.74, 6) is 0.514. The molecule has 178 valence electrons. The van der Waals surface area contributed by atoms with Gasteiger partial charge in [-0.25, -0.2) is 4.79 Å². The second-order valence-corrected chi connectivity index (χ2v) is 10.1. The summed E-state index contributed by atoms with van der Waals surface area (Å²) in [5.41, 5.74) is 8.91. The highest BCUT2D eigenvalue weighted by Crippen LogP contribution is 2.45. The summed E-state index contributed by atoms with van der Waals surface area (Å²) in [5, 5.41) is 0. The highest BCUT2D eigenvalue weighted by Gasteiger charge is 2.40. The van der Waals surface area contributed by atoms with Crippen molar-refractivity contribution in [1.29, 1.82) is 0 Å². The SMILES string of the molecule is CC(C)c1ccccc1C1=CC2COCC(C1)N2C(=O)OCC1c2ccccc2-c2ccccc21. The molecule has 2 atom stereocenters. The van der Waals surface area contributed by atoms with Gasteiger partial charge in [0.15, 0.2) is 0 Å².